The minimum absolute atomic E-state index is 0.0465. The number of rotatable bonds is 7. The Hall–Kier alpha value is -1.50. The van der Waals surface area contributed by atoms with E-state index in [-0.39, 0.29) is 12.3 Å². The molecule has 4 nitrogen and oxygen atoms in total. The van der Waals surface area contributed by atoms with Crippen molar-refractivity contribution in [2.45, 2.75) is 69.7 Å². The number of carboxylic acid groups (broad SMARTS) is 1. The monoisotopic (exact) mass is 279 g/mol. The molecule has 0 heterocycles. The van der Waals surface area contributed by atoms with Crippen molar-refractivity contribution in [1.82, 2.24) is 4.90 Å². The summed E-state index contributed by atoms with van der Waals surface area (Å²) < 4.78 is 0. The van der Waals surface area contributed by atoms with Crippen LogP contribution in [-0.4, -0.2) is 34.5 Å². The van der Waals surface area contributed by atoms with Gasteiger partial charge in [-0.15, -0.1) is 12.3 Å². The molecule has 0 spiro atoms. The third-order valence-corrected chi connectivity index (χ3v) is 4.31. The summed E-state index contributed by atoms with van der Waals surface area (Å²) >= 11 is 0. The summed E-state index contributed by atoms with van der Waals surface area (Å²) in [5.41, 5.74) is -0.479. The Morgan fingerprint density at radius 1 is 1.25 bits per heavy atom. The Morgan fingerprint density at radius 2 is 1.90 bits per heavy atom. The summed E-state index contributed by atoms with van der Waals surface area (Å²) in [5.74, 6) is 1.79. The van der Waals surface area contributed by atoms with Crippen molar-refractivity contribution >= 4 is 11.9 Å². The van der Waals surface area contributed by atoms with Gasteiger partial charge in [-0.3, -0.25) is 9.59 Å². The maximum absolute atomic E-state index is 12.3. The Kier molecular flexibility index (Phi) is 6.57. The second-order valence-electron chi connectivity index (χ2n) is 5.72. The lowest BCUT2D eigenvalue weighted by molar-refractivity contribution is -0.146. The molecule has 1 rings (SSSR count). The first-order valence-corrected chi connectivity index (χ1v) is 7.44. The van der Waals surface area contributed by atoms with Crippen LogP contribution in [0.4, 0.5) is 0 Å². The van der Waals surface area contributed by atoms with E-state index < -0.39 is 11.5 Å². The van der Waals surface area contributed by atoms with E-state index in [1.165, 1.54) is 0 Å². The molecule has 0 bridgehead atoms. The Labute approximate surface area is 121 Å². The van der Waals surface area contributed by atoms with Crippen LogP contribution in [0.3, 0.4) is 0 Å². The molecular formula is C16H25NO3. The third kappa shape index (κ3) is 4.56. The maximum Gasteiger partial charge on any atom is 0.305 e. The van der Waals surface area contributed by atoms with Crippen molar-refractivity contribution in [2.75, 3.05) is 7.05 Å². The van der Waals surface area contributed by atoms with Gasteiger partial charge in [-0.2, -0.15) is 0 Å². The molecule has 0 unspecified atom stereocenters. The predicted molar refractivity (Wildman–Crippen MR) is 78.1 cm³/mol. The topological polar surface area (TPSA) is 57.6 Å². The SMILES string of the molecule is C#CCCCCC(=O)N(C)C1(CC(=O)O)CCCCC1. The zero-order chi connectivity index (χ0) is 15.0. The summed E-state index contributed by atoms with van der Waals surface area (Å²) in [6, 6.07) is 0. The number of carboxylic acids is 1. The number of hydrogen-bond acceptors (Lipinski definition) is 2. The predicted octanol–water partition coefficient (Wildman–Crippen LogP) is 2.82. The number of carbonyl (C=O) groups excluding carboxylic acids is 1. The van der Waals surface area contributed by atoms with Crippen LogP contribution in [0.2, 0.25) is 0 Å². The van der Waals surface area contributed by atoms with Gasteiger partial charge in [-0.1, -0.05) is 19.3 Å². The normalized spacial score (nSPS) is 17.2. The second-order valence-corrected chi connectivity index (χ2v) is 5.72. The fourth-order valence-electron chi connectivity index (χ4n) is 3.06. The van der Waals surface area contributed by atoms with Crippen molar-refractivity contribution < 1.29 is 14.7 Å². The molecule has 1 aliphatic rings. The van der Waals surface area contributed by atoms with Gasteiger partial charge < -0.3 is 10.0 Å². The van der Waals surface area contributed by atoms with Crippen molar-refractivity contribution in [3.05, 3.63) is 0 Å². The molecule has 1 aliphatic carbocycles. The average molecular weight is 279 g/mol. The average Bonchev–Trinajstić information content (AvgIpc) is 2.42. The fraction of sp³-hybridized carbons (Fsp3) is 0.750. The van der Waals surface area contributed by atoms with Crippen LogP contribution in [-0.2, 0) is 9.59 Å². The highest BCUT2D eigenvalue weighted by atomic mass is 16.4. The van der Waals surface area contributed by atoms with E-state index >= 15 is 0 Å². The lowest BCUT2D eigenvalue weighted by atomic mass is 9.78. The van der Waals surface area contributed by atoms with Gasteiger partial charge in [-0.05, 0) is 25.7 Å². The molecule has 0 atom stereocenters. The van der Waals surface area contributed by atoms with Gasteiger partial charge in [-0.25, -0.2) is 0 Å². The summed E-state index contributed by atoms with van der Waals surface area (Å²) in [6.45, 7) is 0. The van der Waals surface area contributed by atoms with E-state index in [2.05, 4.69) is 5.92 Å². The van der Waals surface area contributed by atoms with Gasteiger partial charge in [0, 0.05) is 19.9 Å². The van der Waals surface area contributed by atoms with Gasteiger partial charge in [0.1, 0.15) is 0 Å². The first-order valence-electron chi connectivity index (χ1n) is 7.44. The molecule has 1 N–H and O–H groups in total. The van der Waals surface area contributed by atoms with Crippen LogP contribution in [0.1, 0.15) is 64.2 Å². The maximum atomic E-state index is 12.3. The largest absolute Gasteiger partial charge is 0.481 e. The number of nitrogens with zero attached hydrogens (tertiary/aromatic N) is 1. The lowest BCUT2D eigenvalue weighted by Crippen LogP contribution is -2.52. The zero-order valence-corrected chi connectivity index (χ0v) is 12.4. The quantitative estimate of drug-likeness (QED) is 0.576. The van der Waals surface area contributed by atoms with Crippen molar-refractivity contribution in [1.29, 1.82) is 0 Å². The van der Waals surface area contributed by atoms with Crippen molar-refractivity contribution in [3.8, 4) is 12.3 Å². The summed E-state index contributed by atoms with van der Waals surface area (Å²) in [5, 5.41) is 9.15. The molecular weight excluding hydrogens is 254 g/mol. The summed E-state index contributed by atoms with van der Waals surface area (Å²) in [7, 11) is 1.76. The Balaban J connectivity index is 2.62. The van der Waals surface area contributed by atoms with Gasteiger partial charge in [0.2, 0.25) is 5.91 Å². The van der Waals surface area contributed by atoms with E-state index in [0.717, 1.165) is 44.9 Å². The van der Waals surface area contributed by atoms with Crippen LogP contribution in [0, 0.1) is 12.3 Å². The summed E-state index contributed by atoms with van der Waals surface area (Å²) in [6.07, 6.45) is 12.7. The summed E-state index contributed by atoms with van der Waals surface area (Å²) in [4.78, 5) is 25.1. The number of amides is 1. The molecule has 4 heteroatoms. The Bertz CT molecular complexity index is 378. The van der Waals surface area contributed by atoms with E-state index in [4.69, 9.17) is 11.5 Å². The molecule has 1 saturated carbocycles. The zero-order valence-electron chi connectivity index (χ0n) is 12.4. The van der Waals surface area contributed by atoms with Crippen molar-refractivity contribution in [3.63, 3.8) is 0 Å². The van der Waals surface area contributed by atoms with E-state index in [9.17, 15) is 9.59 Å². The number of terminal acetylenes is 1. The molecule has 0 aromatic rings. The first kappa shape index (κ1) is 16.6. The highest BCUT2D eigenvalue weighted by Crippen LogP contribution is 2.36. The van der Waals surface area contributed by atoms with Gasteiger partial charge in [0.05, 0.1) is 12.0 Å². The van der Waals surface area contributed by atoms with Crippen LogP contribution in [0.15, 0.2) is 0 Å². The number of hydrogen-bond donors (Lipinski definition) is 1. The molecule has 1 amide bonds. The van der Waals surface area contributed by atoms with Gasteiger partial charge in [0.15, 0.2) is 0 Å². The van der Waals surface area contributed by atoms with Crippen LogP contribution in [0.5, 0.6) is 0 Å². The second kappa shape index (κ2) is 7.94. The molecule has 0 aromatic heterocycles. The smallest absolute Gasteiger partial charge is 0.305 e. The van der Waals surface area contributed by atoms with E-state index in [0.29, 0.717) is 12.8 Å². The number of aliphatic carboxylic acids is 1. The van der Waals surface area contributed by atoms with Crippen LogP contribution < -0.4 is 0 Å². The molecule has 112 valence electrons. The van der Waals surface area contributed by atoms with Crippen LogP contribution in [0.25, 0.3) is 0 Å². The first-order chi connectivity index (χ1) is 9.52. The number of unbranched alkanes of at least 4 members (excludes halogenated alkanes) is 2. The minimum Gasteiger partial charge on any atom is -0.481 e. The van der Waals surface area contributed by atoms with Gasteiger partial charge >= 0.3 is 5.97 Å². The lowest BCUT2D eigenvalue weighted by Gasteiger charge is -2.44. The standard InChI is InChI=1S/C16H25NO3/c1-3-4-5-7-10-14(18)17(2)16(13-15(19)20)11-8-6-9-12-16/h1H,4-13H2,2H3,(H,19,20). The van der Waals surface area contributed by atoms with Crippen LogP contribution >= 0.6 is 0 Å². The molecule has 0 aromatic carbocycles. The van der Waals surface area contributed by atoms with Crippen molar-refractivity contribution in [2.24, 2.45) is 0 Å². The van der Waals surface area contributed by atoms with E-state index in [1.807, 2.05) is 0 Å². The molecule has 1 fully saturated rings. The number of carbonyl (C=O) groups is 2. The minimum atomic E-state index is -0.820. The van der Waals surface area contributed by atoms with Gasteiger partial charge in [0.25, 0.3) is 0 Å². The Morgan fingerprint density at radius 3 is 2.45 bits per heavy atom. The highest BCUT2D eigenvalue weighted by Gasteiger charge is 2.40. The highest BCUT2D eigenvalue weighted by molar-refractivity contribution is 5.78. The fourth-order valence-corrected chi connectivity index (χ4v) is 3.06. The molecule has 20 heavy (non-hydrogen) atoms. The molecule has 0 aliphatic heterocycles. The molecule has 0 saturated heterocycles. The molecule has 0 radical (unpaired) electrons. The third-order valence-electron chi connectivity index (χ3n) is 4.31. The van der Waals surface area contributed by atoms with E-state index in [1.54, 1.807) is 11.9 Å².